The summed E-state index contributed by atoms with van der Waals surface area (Å²) in [6.45, 7) is 1.97. The van der Waals surface area contributed by atoms with Gasteiger partial charge in [-0.05, 0) is 29.7 Å². The minimum Gasteiger partial charge on any atom is -0.691 e. The summed E-state index contributed by atoms with van der Waals surface area (Å²) in [5.41, 5.74) is 1.08. The number of likely N-dealkylation sites (tertiary alicyclic amines) is 1. The first-order chi connectivity index (χ1) is 9.18. The van der Waals surface area contributed by atoms with E-state index in [1.165, 1.54) is 12.8 Å². The van der Waals surface area contributed by atoms with Crippen LogP contribution in [0.25, 0.3) is 11.2 Å². The van der Waals surface area contributed by atoms with E-state index in [0.717, 1.165) is 19.0 Å². The summed E-state index contributed by atoms with van der Waals surface area (Å²) in [6, 6.07) is 3.48. The molecule has 7 heteroatoms. The fraction of sp³-hybridized carbons (Fsp3) is 0.500. The molecule has 0 saturated carbocycles. The summed E-state index contributed by atoms with van der Waals surface area (Å²) < 4.78 is 3.61. The Balaban J connectivity index is 2.19. The summed E-state index contributed by atoms with van der Waals surface area (Å²) in [5.74, 6) is 0.899. The largest absolute Gasteiger partial charge is 0.691 e. The third kappa shape index (κ3) is 1.91. The van der Waals surface area contributed by atoms with E-state index in [1.54, 1.807) is 23.0 Å². The highest BCUT2D eigenvalue weighted by molar-refractivity contribution is 5.84. The molecule has 0 N–H and O–H groups in total. The molecule has 1 aliphatic heterocycles. The number of rotatable bonds is 0. The number of fused-ring (bicyclic) bond motifs is 1. The smallest absolute Gasteiger partial charge is 0.414 e. The third-order valence-corrected chi connectivity index (χ3v) is 3.32. The number of aromatic nitrogens is 4. The highest BCUT2D eigenvalue weighted by Crippen LogP contribution is 2.12. The molecule has 0 radical (unpaired) electrons. The van der Waals surface area contributed by atoms with Crippen LogP contribution in [0.5, 0.6) is 0 Å². The maximum atomic E-state index is 11.8. The summed E-state index contributed by atoms with van der Waals surface area (Å²) >= 11 is 0. The number of pyridine rings is 1. The van der Waals surface area contributed by atoms with Gasteiger partial charge in [0, 0.05) is 6.20 Å². The van der Waals surface area contributed by atoms with Crippen LogP contribution in [0.3, 0.4) is 0 Å². The van der Waals surface area contributed by atoms with Crippen molar-refractivity contribution in [2.75, 3.05) is 27.2 Å². The lowest BCUT2D eigenvalue weighted by Crippen LogP contribution is -2.42. The molecule has 3 rings (SSSR count). The molecule has 0 spiro atoms. The lowest BCUT2D eigenvalue weighted by Gasteiger charge is -2.12. The zero-order valence-electron chi connectivity index (χ0n) is 11.2. The Labute approximate surface area is 111 Å². The van der Waals surface area contributed by atoms with Gasteiger partial charge in [-0.15, -0.1) is 4.85 Å². The van der Waals surface area contributed by atoms with E-state index in [-0.39, 0.29) is 0 Å². The Hall–Kier alpha value is -2.18. The maximum absolute atomic E-state index is 11.8. The average Bonchev–Trinajstić information content (AvgIpc) is 3.00. The Morgan fingerprint density at radius 1 is 1.37 bits per heavy atom. The number of nitrogens with zero attached hydrogens (tertiary/aromatic N) is 6. The molecule has 7 nitrogen and oxygen atoms in total. The van der Waals surface area contributed by atoms with Gasteiger partial charge in [-0.1, -0.05) is 0 Å². The molecule has 0 unspecified atom stereocenters. The Kier molecular flexibility index (Phi) is 2.81. The summed E-state index contributed by atoms with van der Waals surface area (Å²) in [7, 11) is 3.92. The Morgan fingerprint density at radius 2 is 2.11 bits per heavy atom. The molecule has 3 heterocycles. The predicted octanol–water partition coefficient (Wildman–Crippen LogP) is -0.363. The highest BCUT2D eigenvalue weighted by Gasteiger charge is 2.32. The molecular formula is C12H17N6O+. The Morgan fingerprint density at radius 3 is 2.79 bits per heavy atom. The van der Waals surface area contributed by atoms with Gasteiger partial charge in [-0.3, -0.25) is 9.48 Å². The second-order valence-electron chi connectivity index (χ2n) is 4.91. The van der Waals surface area contributed by atoms with E-state index in [0.29, 0.717) is 16.0 Å². The van der Waals surface area contributed by atoms with Gasteiger partial charge in [-0.25, -0.2) is 4.98 Å². The number of hydrogen-bond donors (Lipinski definition) is 0. The molecule has 100 valence electrons. The zero-order valence-corrected chi connectivity index (χ0v) is 11.2. The van der Waals surface area contributed by atoms with Crippen LogP contribution in [-0.4, -0.2) is 57.5 Å². The molecule has 0 bridgehead atoms. The summed E-state index contributed by atoms with van der Waals surface area (Å²) in [6.07, 6.45) is 4.01. The minimum atomic E-state index is 0.487. The fourth-order valence-corrected chi connectivity index (χ4v) is 2.53. The van der Waals surface area contributed by atoms with Crippen LogP contribution in [0.4, 0.5) is 0 Å². The van der Waals surface area contributed by atoms with E-state index in [2.05, 4.69) is 15.1 Å². The van der Waals surface area contributed by atoms with Crippen molar-refractivity contribution in [1.82, 2.24) is 19.8 Å². The molecule has 0 atom stereocenters. The Bertz CT molecular complexity index is 637. The quantitative estimate of drug-likeness (QED) is 0.281. The first-order valence-electron chi connectivity index (χ1n) is 6.41. The molecule has 0 aromatic carbocycles. The first-order valence-corrected chi connectivity index (χ1v) is 6.41. The van der Waals surface area contributed by atoms with E-state index in [1.807, 2.05) is 18.7 Å². The standard InChI is InChI=1S/C12H17N6O/c1-15(2)12(16-8-3-4-9-16)17-11-10(18(19)14-17)6-5-7-13-11/h5-7H,3-4,8-9H2,1-2H3/q+1. The first kappa shape index (κ1) is 11.9. The lowest BCUT2D eigenvalue weighted by atomic mass is 10.4. The third-order valence-electron chi connectivity index (χ3n) is 3.32. The molecule has 2 aromatic rings. The van der Waals surface area contributed by atoms with E-state index in [9.17, 15) is 5.21 Å². The van der Waals surface area contributed by atoms with Gasteiger partial charge in [0.15, 0.2) is 0 Å². The summed E-state index contributed by atoms with van der Waals surface area (Å²) in [5, 5.41) is 15.9. The van der Waals surface area contributed by atoms with Crippen molar-refractivity contribution in [3.05, 3.63) is 23.5 Å². The molecule has 0 aliphatic carbocycles. The molecule has 0 amide bonds. The average molecular weight is 261 g/mol. The molecule has 1 saturated heterocycles. The van der Waals surface area contributed by atoms with Crippen molar-refractivity contribution in [1.29, 1.82) is 0 Å². The van der Waals surface area contributed by atoms with Crippen molar-refractivity contribution in [2.24, 2.45) is 0 Å². The van der Waals surface area contributed by atoms with Crippen LogP contribution in [0.15, 0.2) is 18.3 Å². The van der Waals surface area contributed by atoms with Gasteiger partial charge in [0.2, 0.25) is 5.52 Å². The van der Waals surface area contributed by atoms with Crippen LogP contribution in [0.2, 0.25) is 0 Å². The fourth-order valence-electron chi connectivity index (χ4n) is 2.53. The molecular weight excluding hydrogens is 244 g/mol. The normalized spacial score (nSPS) is 15.2. The van der Waals surface area contributed by atoms with Gasteiger partial charge >= 0.3 is 11.6 Å². The molecule has 1 aliphatic rings. The second-order valence-corrected chi connectivity index (χ2v) is 4.91. The predicted molar refractivity (Wildman–Crippen MR) is 69.8 cm³/mol. The van der Waals surface area contributed by atoms with Gasteiger partial charge in [-0.2, -0.15) is 0 Å². The highest BCUT2D eigenvalue weighted by atomic mass is 16.5. The topological polar surface area (TPSA) is 63.9 Å². The van der Waals surface area contributed by atoms with Crippen LogP contribution in [0.1, 0.15) is 12.8 Å². The van der Waals surface area contributed by atoms with Crippen molar-refractivity contribution in [3.63, 3.8) is 0 Å². The van der Waals surface area contributed by atoms with Crippen LogP contribution in [-0.2, 0) is 0 Å². The van der Waals surface area contributed by atoms with E-state index in [4.69, 9.17) is 0 Å². The van der Waals surface area contributed by atoms with Gasteiger partial charge < -0.3 is 5.21 Å². The second kappa shape index (κ2) is 4.49. The van der Waals surface area contributed by atoms with Gasteiger partial charge in [0.25, 0.3) is 0 Å². The van der Waals surface area contributed by atoms with Crippen molar-refractivity contribution in [2.45, 2.75) is 12.8 Å². The van der Waals surface area contributed by atoms with Crippen LogP contribution in [0, 0.1) is 5.21 Å². The van der Waals surface area contributed by atoms with Crippen LogP contribution >= 0.6 is 0 Å². The zero-order chi connectivity index (χ0) is 13.4. The van der Waals surface area contributed by atoms with E-state index < -0.39 is 0 Å². The molecule has 1 fully saturated rings. The van der Waals surface area contributed by atoms with Gasteiger partial charge in [0.05, 0.1) is 27.2 Å². The lowest BCUT2D eigenvalue weighted by molar-refractivity contribution is -0.645. The van der Waals surface area contributed by atoms with Crippen LogP contribution < -0.4 is 4.85 Å². The number of hydrogen-bond acceptors (Lipinski definition) is 3. The molecule has 2 aromatic heterocycles. The molecule has 19 heavy (non-hydrogen) atoms. The minimum absolute atomic E-state index is 0.487. The maximum Gasteiger partial charge on any atom is 0.414 e. The summed E-state index contributed by atoms with van der Waals surface area (Å²) in [4.78, 5) is 7.15. The van der Waals surface area contributed by atoms with Crippen molar-refractivity contribution < 1.29 is 9.42 Å². The van der Waals surface area contributed by atoms with Crippen molar-refractivity contribution >= 4 is 17.1 Å². The van der Waals surface area contributed by atoms with E-state index >= 15 is 0 Å². The SMILES string of the molecule is C[N+](C)=C(N1CCCC1)n1n[n+]([O-])c2cccnc21. The van der Waals surface area contributed by atoms with Gasteiger partial charge in [0.1, 0.15) is 5.21 Å². The monoisotopic (exact) mass is 261 g/mol. The van der Waals surface area contributed by atoms with Crippen molar-refractivity contribution in [3.8, 4) is 0 Å².